The zero-order valence-electron chi connectivity index (χ0n) is 14.9. The number of ether oxygens (including phenoxy) is 2. The molecular formula is C18H25F3N2O2. The Morgan fingerprint density at radius 2 is 1.88 bits per heavy atom. The minimum absolute atomic E-state index is 0.220. The van der Waals surface area contributed by atoms with E-state index in [1.165, 1.54) is 0 Å². The lowest BCUT2D eigenvalue weighted by molar-refractivity contribution is -0.276. The molecule has 2 atom stereocenters. The quantitative estimate of drug-likeness (QED) is 0.766. The maximum Gasteiger partial charge on any atom is 0.408 e. The van der Waals surface area contributed by atoms with Crippen LogP contribution < -0.4 is 0 Å². The first-order chi connectivity index (χ1) is 11.6. The molecule has 1 aliphatic heterocycles. The smallest absolute Gasteiger partial charge is 0.347 e. The molecule has 0 aromatic carbocycles. The summed E-state index contributed by atoms with van der Waals surface area (Å²) in [4.78, 5) is 0. The lowest BCUT2D eigenvalue weighted by atomic mass is 9.49. The van der Waals surface area contributed by atoms with Crippen molar-refractivity contribution < 1.29 is 22.6 Å². The Morgan fingerprint density at radius 1 is 1.20 bits per heavy atom. The van der Waals surface area contributed by atoms with Gasteiger partial charge in [0.1, 0.15) is 6.54 Å². The fourth-order valence-electron chi connectivity index (χ4n) is 5.61. The van der Waals surface area contributed by atoms with E-state index in [1.54, 1.807) is 6.20 Å². The predicted octanol–water partition coefficient (Wildman–Crippen LogP) is 3.83. The third-order valence-electron chi connectivity index (χ3n) is 6.77. The van der Waals surface area contributed by atoms with Crippen molar-refractivity contribution in [3.63, 3.8) is 0 Å². The van der Waals surface area contributed by atoms with Gasteiger partial charge in [0.25, 0.3) is 0 Å². The van der Waals surface area contributed by atoms with Crippen molar-refractivity contribution in [2.24, 2.45) is 11.3 Å². The maximum absolute atomic E-state index is 12.8. The van der Waals surface area contributed by atoms with Crippen molar-refractivity contribution in [3.8, 4) is 0 Å². The minimum atomic E-state index is -4.25. The van der Waals surface area contributed by atoms with E-state index in [9.17, 15) is 13.2 Å². The van der Waals surface area contributed by atoms with Gasteiger partial charge in [-0.05, 0) is 30.7 Å². The van der Waals surface area contributed by atoms with Crippen LogP contribution in [0, 0.1) is 11.3 Å². The lowest BCUT2D eigenvalue weighted by Crippen LogP contribution is -2.61. The minimum Gasteiger partial charge on any atom is -0.347 e. The van der Waals surface area contributed by atoms with Crippen LogP contribution in [0.15, 0.2) is 6.20 Å². The molecule has 25 heavy (non-hydrogen) atoms. The third-order valence-corrected chi connectivity index (χ3v) is 6.77. The molecule has 1 aromatic heterocycles. The number of aromatic nitrogens is 2. The first-order valence-electron chi connectivity index (χ1n) is 8.99. The van der Waals surface area contributed by atoms with Gasteiger partial charge in [-0.15, -0.1) is 0 Å². The monoisotopic (exact) mass is 358 g/mol. The molecule has 140 valence electrons. The summed E-state index contributed by atoms with van der Waals surface area (Å²) in [6.45, 7) is 6.71. The Hall–Kier alpha value is -1.08. The number of aryl methyl sites for hydroxylation is 1. The Kier molecular flexibility index (Phi) is 3.62. The molecule has 0 bridgehead atoms. The summed E-state index contributed by atoms with van der Waals surface area (Å²) in [6, 6.07) is 0. The highest BCUT2D eigenvalue weighted by atomic mass is 19.4. The van der Waals surface area contributed by atoms with Crippen LogP contribution in [0.4, 0.5) is 13.2 Å². The average Bonchev–Trinajstić information content (AvgIpc) is 3.10. The van der Waals surface area contributed by atoms with E-state index in [2.05, 4.69) is 25.9 Å². The van der Waals surface area contributed by atoms with Crippen LogP contribution in [0.3, 0.4) is 0 Å². The van der Waals surface area contributed by atoms with Gasteiger partial charge in [-0.2, -0.15) is 18.3 Å². The topological polar surface area (TPSA) is 36.3 Å². The predicted molar refractivity (Wildman–Crippen MR) is 85.1 cm³/mol. The highest BCUT2D eigenvalue weighted by Crippen LogP contribution is 2.62. The molecule has 4 nitrogen and oxygen atoms in total. The molecule has 1 spiro atoms. The van der Waals surface area contributed by atoms with Crippen LogP contribution in [0.5, 0.6) is 0 Å². The molecular weight excluding hydrogens is 333 g/mol. The average molecular weight is 358 g/mol. The standard InChI is InChI=1S/C18H25F3N2O2/c1-15(2)13-5-4-12-10-23(11-18(19,20)21)22-14(12)16(13,3)6-7-17(15)24-8-9-25-17/h10,13H,4-9,11H2,1-3H3/t13-,16-/m0/s1. The molecule has 1 aromatic rings. The number of alkyl halides is 3. The molecule has 4 rings (SSSR count). The number of nitrogens with zero attached hydrogens (tertiary/aromatic N) is 2. The Bertz CT molecular complexity index is 676. The molecule has 1 saturated carbocycles. The van der Waals surface area contributed by atoms with Gasteiger partial charge in [0.05, 0.1) is 18.9 Å². The highest BCUT2D eigenvalue weighted by Gasteiger charge is 2.63. The van der Waals surface area contributed by atoms with E-state index >= 15 is 0 Å². The normalized spacial score (nSPS) is 33.3. The second-order valence-corrected chi connectivity index (χ2v) is 8.50. The third kappa shape index (κ3) is 2.46. The SMILES string of the molecule is CC1(C)[C@@H]2CCc3cn(CC(F)(F)F)nc3[C@@]2(C)CCC12OCCO2. The van der Waals surface area contributed by atoms with Gasteiger partial charge in [-0.25, -0.2) is 0 Å². The maximum atomic E-state index is 12.8. The van der Waals surface area contributed by atoms with Gasteiger partial charge < -0.3 is 9.47 Å². The summed E-state index contributed by atoms with van der Waals surface area (Å²) >= 11 is 0. The molecule has 0 radical (unpaired) electrons. The Morgan fingerprint density at radius 3 is 2.52 bits per heavy atom. The fourth-order valence-corrected chi connectivity index (χ4v) is 5.61. The van der Waals surface area contributed by atoms with Crippen molar-refractivity contribution in [1.29, 1.82) is 0 Å². The largest absolute Gasteiger partial charge is 0.408 e. The van der Waals surface area contributed by atoms with Gasteiger partial charge in [0, 0.05) is 23.4 Å². The summed E-state index contributed by atoms with van der Waals surface area (Å²) in [5.74, 6) is -0.308. The zero-order chi connectivity index (χ0) is 18.1. The number of rotatable bonds is 1. The molecule has 7 heteroatoms. The Balaban J connectivity index is 1.71. The molecule has 3 aliphatic rings. The highest BCUT2D eigenvalue weighted by molar-refractivity contribution is 5.33. The fraction of sp³-hybridized carbons (Fsp3) is 0.833. The van der Waals surface area contributed by atoms with Crippen molar-refractivity contribution in [3.05, 3.63) is 17.5 Å². The van der Waals surface area contributed by atoms with Gasteiger partial charge >= 0.3 is 6.18 Å². The van der Waals surface area contributed by atoms with Crippen LogP contribution in [0.2, 0.25) is 0 Å². The van der Waals surface area contributed by atoms with Crippen LogP contribution in [0.25, 0.3) is 0 Å². The van der Waals surface area contributed by atoms with Crippen molar-refractivity contribution in [1.82, 2.24) is 9.78 Å². The lowest BCUT2D eigenvalue weighted by Gasteiger charge is -2.59. The van der Waals surface area contributed by atoms with E-state index in [0.717, 1.165) is 41.6 Å². The first-order valence-corrected chi connectivity index (χ1v) is 8.99. The van der Waals surface area contributed by atoms with E-state index in [0.29, 0.717) is 13.2 Å². The van der Waals surface area contributed by atoms with Crippen molar-refractivity contribution in [2.75, 3.05) is 13.2 Å². The second-order valence-electron chi connectivity index (χ2n) is 8.50. The molecule has 2 aliphatic carbocycles. The van der Waals surface area contributed by atoms with Crippen LogP contribution in [-0.4, -0.2) is 35.0 Å². The van der Waals surface area contributed by atoms with Crippen LogP contribution in [0.1, 0.15) is 51.3 Å². The van der Waals surface area contributed by atoms with Gasteiger partial charge in [-0.3, -0.25) is 4.68 Å². The van der Waals surface area contributed by atoms with Crippen LogP contribution in [-0.2, 0) is 27.9 Å². The van der Waals surface area contributed by atoms with Crippen molar-refractivity contribution >= 4 is 0 Å². The van der Waals surface area contributed by atoms with E-state index < -0.39 is 18.5 Å². The number of hydrogen-bond acceptors (Lipinski definition) is 3. The molecule has 0 unspecified atom stereocenters. The summed E-state index contributed by atoms with van der Waals surface area (Å²) in [6.07, 6.45) is 0.575. The van der Waals surface area contributed by atoms with Crippen LogP contribution >= 0.6 is 0 Å². The second kappa shape index (κ2) is 5.22. The van der Waals surface area contributed by atoms with Gasteiger partial charge in [0.2, 0.25) is 0 Å². The van der Waals surface area contributed by atoms with E-state index in [1.807, 2.05) is 0 Å². The molecule has 0 amide bonds. The van der Waals surface area contributed by atoms with Gasteiger partial charge in [-0.1, -0.05) is 20.8 Å². The number of hydrogen-bond donors (Lipinski definition) is 0. The molecule has 2 fully saturated rings. The first kappa shape index (κ1) is 17.3. The number of halogens is 3. The molecule has 1 saturated heterocycles. The van der Waals surface area contributed by atoms with E-state index in [-0.39, 0.29) is 16.7 Å². The summed E-state index contributed by atoms with van der Waals surface area (Å²) in [7, 11) is 0. The Labute approximate surface area is 145 Å². The molecule has 0 N–H and O–H groups in total. The molecule has 2 heterocycles. The summed E-state index contributed by atoms with van der Waals surface area (Å²) in [5.41, 5.74) is 1.34. The zero-order valence-corrected chi connectivity index (χ0v) is 14.9. The summed E-state index contributed by atoms with van der Waals surface area (Å²) < 4.78 is 51.5. The summed E-state index contributed by atoms with van der Waals surface area (Å²) in [5, 5.41) is 4.39. The number of fused-ring (bicyclic) bond motifs is 3. The van der Waals surface area contributed by atoms with Gasteiger partial charge in [0.15, 0.2) is 5.79 Å². The van der Waals surface area contributed by atoms with Crippen molar-refractivity contribution in [2.45, 2.75) is 70.4 Å². The van der Waals surface area contributed by atoms with E-state index in [4.69, 9.17) is 9.47 Å².